The van der Waals surface area contributed by atoms with E-state index >= 15 is 0 Å². The molecular formula is C19H25N3. The van der Waals surface area contributed by atoms with Crippen molar-refractivity contribution in [2.75, 3.05) is 0 Å². The maximum Gasteiger partial charge on any atom is 0.112 e. The fraction of sp³-hybridized carbons (Fsp3) is 0.579. The number of nitriles is 1. The molecule has 116 valence electrons. The van der Waals surface area contributed by atoms with Crippen LogP contribution in [0.4, 0.5) is 0 Å². The van der Waals surface area contributed by atoms with Crippen molar-refractivity contribution in [3.05, 3.63) is 35.4 Å². The van der Waals surface area contributed by atoms with E-state index in [1.165, 1.54) is 36.8 Å². The Kier molecular flexibility index (Phi) is 4.47. The number of hydrogen-bond donors (Lipinski definition) is 1. The van der Waals surface area contributed by atoms with Crippen LogP contribution in [0.25, 0.3) is 0 Å². The average molecular weight is 295 g/mol. The minimum atomic E-state index is -0.275. The Hall–Kier alpha value is -1.82. The van der Waals surface area contributed by atoms with Crippen LogP contribution in [0.3, 0.4) is 0 Å². The first kappa shape index (κ1) is 15.1. The van der Waals surface area contributed by atoms with Gasteiger partial charge in [-0.25, -0.2) is 0 Å². The Bertz CT molecular complexity index is 582. The van der Waals surface area contributed by atoms with Gasteiger partial charge in [-0.3, -0.25) is 4.99 Å². The Morgan fingerprint density at radius 2 is 1.77 bits per heavy atom. The molecule has 0 amide bonds. The largest absolute Gasteiger partial charge is 0.386 e. The smallest absolute Gasteiger partial charge is 0.112 e. The minimum absolute atomic E-state index is 0.200. The van der Waals surface area contributed by atoms with Crippen molar-refractivity contribution < 1.29 is 0 Å². The number of rotatable bonds is 1. The molecule has 1 aromatic carbocycles. The lowest BCUT2D eigenvalue weighted by Gasteiger charge is -2.40. The van der Waals surface area contributed by atoms with Gasteiger partial charge in [0.2, 0.25) is 0 Å². The lowest BCUT2D eigenvalue weighted by molar-refractivity contribution is 0.256. The summed E-state index contributed by atoms with van der Waals surface area (Å²) >= 11 is 0. The van der Waals surface area contributed by atoms with E-state index in [4.69, 9.17) is 10.7 Å². The van der Waals surface area contributed by atoms with E-state index in [-0.39, 0.29) is 11.8 Å². The van der Waals surface area contributed by atoms with Gasteiger partial charge in [0.05, 0.1) is 12.1 Å². The van der Waals surface area contributed by atoms with Gasteiger partial charge < -0.3 is 5.73 Å². The van der Waals surface area contributed by atoms with Crippen molar-refractivity contribution in [3.63, 3.8) is 0 Å². The van der Waals surface area contributed by atoms with E-state index in [0.29, 0.717) is 17.8 Å². The zero-order valence-corrected chi connectivity index (χ0v) is 13.3. The van der Waals surface area contributed by atoms with Crippen molar-refractivity contribution in [2.45, 2.75) is 57.4 Å². The molecule has 4 atom stereocenters. The molecule has 0 spiro atoms. The molecule has 0 bridgehead atoms. The molecule has 3 rings (SSSR count). The van der Waals surface area contributed by atoms with Gasteiger partial charge in [-0.2, -0.15) is 5.26 Å². The van der Waals surface area contributed by atoms with Crippen molar-refractivity contribution >= 4 is 5.84 Å². The number of hydrogen-bond acceptors (Lipinski definition) is 3. The molecule has 1 saturated carbocycles. The van der Waals surface area contributed by atoms with Crippen molar-refractivity contribution in [2.24, 2.45) is 22.6 Å². The standard InChI is InChI=1S/C19H25N3/c1-13-8-10-14(11-9-13)18-15-6-4-2-3-5-7-17(15)22-19(21)16(18)12-20/h8-11,15-18H,2-7H2,1H3,(H2,21,22). The normalized spacial score (nSPS) is 32.1. The second-order valence-electron chi connectivity index (χ2n) is 6.82. The van der Waals surface area contributed by atoms with Gasteiger partial charge in [-0.05, 0) is 31.2 Å². The highest BCUT2D eigenvalue weighted by Crippen LogP contribution is 2.43. The van der Waals surface area contributed by atoms with Crippen molar-refractivity contribution in [3.8, 4) is 6.07 Å². The van der Waals surface area contributed by atoms with Crippen LogP contribution in [0.5, 0.6) is 0 Å². The number of aryl methyl sites for hydroxylation is 1. The minimum Gasteiger partial charge on any atom is -0.386 e. The van der Waals surface area contributed by atoms with Crippen molar-refractivity contribution in [1.82, 2.24) is 0 Å². The number of amidine groups is 1. The summed E-state index contributed by atoms with van der Waals surface area (Å²) in [7, 11) is 0. The molecule has 0 aromatic heterocycles. The third-order valence-corrected chi connectivity index (χ3v) is 5.34. The van der Waals surface area contributed by atoms with E-state index in [9.17, 15) is 5.26 Å². The van der Waals surface area contributed by atoms with Gasteiger partial charge in [0.15, 0.2) is 0 Å². The third kappa shape index (κ3) is 2.88. The molecule has 0 saturated heterocycles. The second kappa shape index (κ2) is 6.52. The third-order valence-electron chi connectivity index (χ3n) is 5.34. The first-order valence-corrected chi connectivity index (χ1v) is 8.50. The predicted molar refractivity (Wildman–Crippen MR) is 89.6 cm³/mol. The summed E-state index contributed by atoms with van der Waals surface area (Å²) in [6.07, 6.45) is 7.37. The van der Waals surface area contributed by atoms with Crippen LogP contribution in [0.2, 0.25) is 0 Å². The fourth-order valence-corrected chi connectivity index (χ4v) is 4.15. The van der Waals surface area contributed by atoms with Gasteiger partial charge in [0.1, 0.15) is 11.8 Å². The highest BCUT2D eigenvalue weighted by Gasteiger charge is 2.41. The van der Waals surface area contributed by atoms with E-state index in [2.05, 4.69) is 37.3 Å². The van der Waals surface area contributed by atoms with Gasteiger partial charge in [0, 0.05) is 5.92 Å². The number of aliphatic imine (C=N–C) groups is 1. The zero-order chi connectivity index (χ0) is 15.5. The van der Waals surface area contributed by atoms with E-state index in [0.717, 1.165) is 12.8 Å². The molecule has 0 radical (unpaired) electrons. The lowest BCUT2D eigenvalue weighted by atomic mass is 9.68. The van der Waals surface area contributed by atoms with Crippen LogP contribution in [-0.2, 0) is 0 Å². The van der Waals surface area contributed by atoms with E-state index in [1.54, 1.807) is 0 Å². The molecule has 2 N–H and O–H groups in total. The Morgan fingerprint density at radius 1 is 1.09 bits per heavy atom. The van der Waals surface area contributed by atoms with Gasteiger partial charge in [-0.15, -0.1) is 0 Å². The number of nitrogens with two attached hydrogens (primary N) is 1. The summed E-state index contributed by atoms with van der Waals surface area (Å²) in [4.78, 5) is 4.72. The van der Waals surface area contributed by atoms with Gasteiger partial charge >= 0.3 is 0 Å². The number of fused-ring (bicyclic) bond motifs is 1. The first-order chi connectivity index (χ1) is 10.7. The van der Waals surface area contributed by atoms with E-state index < -0.39 is 0 Å². The van der Waals surface area contributed by atoms with Crippen LogP contribution >= 0.6 is 0 Å². The average Bonchev–Trinajstić information content (AvgIpc) is 2.49. The summed E-state index contributed by atoms with van der Waals surface area (Å²) in [6.45, 7) is 2.10. The molecule has 1 aliphatic carbocycles. The maximum absolute atomic E-state index is 9.65. The van der Waals surface area contributed by atoms with Crippen LogP contribution in [0, 0.1) is 30.1 Å². The molecule has 1 aromatic rings. The molecule has 1 aliphatic heterocycles. The Morgan fingerprint density at radius 3 is 2.45 bits per heavy atom. The molecule has 4 unspecified atom stereocenters. The Balaban J connectivity index is 2.00. The first-order valence-electron chi connectivity index (χ1n) is 8.50. The van der Waals surface area contributed by atoms with Crippen LogP contribution in [-0.4, -0.2) is 11.9 Å². The Labute approximate surface area is 133 Å². The predicted octanol–water partition coefficient (Wildman–Crippen LogP) is 3.93. The second-order valence-corrected chi connectivity index (χ2v) is 6.82. The monoisotopic (exact) mass is 295 g/mol. The van der Waals surface area contributed by atoms with E-state index in [1.807, 2.05) is 0 Å². The topological polar surface area (TPSA) is 62.2 Å². The van der Waals surface area contributed by atoms with Gasteiger partial charge in [0.25, 0.3) is 0 Å². The summed E-state index contributed by atoms with van der Waals surface area (Å²) in [6, 6.07) is 11.4. The number of benzene rings is 1. The van der Waals surface area contributed by atoms with Crippen LogP contribution < -0.4 is 5.73 Å². The summed E-state index contributed by atoms with van der Waals surface area (Å²) in [5, 5.41) is 9.65. The summed E-state index contributed by atoms with van der Waals surface area (Å²) in [5.41, 5.74) is 8.68. The highest BCUT2D eigenvalue weighted by atomic mass is 14.9. The molecule has 1 heterocycles. The quantitative estimate of drug-likeness (QED) is 0.853. The number of nitrogens with zero attached hydrogens (tertiary/aromatic N) is 2. The van der Waals surface area contributed by atoms with Gasteiger partial charge in [-0.1, -0.05) is 55.5 Å². The molecular weight excluding hydrogens is 270 g/mol. The highest BCUT2D eigenvalue weighted by molar-refractivity contribution is 5.87. The molecule has 22 heavy (non-hydrogen) atoms. The lowest BCUT2D eigenvalue weighted by Crippen LogP contribution is -2.42. The summed E-state index contributed by atoms with van der Waals surface area (Å²) < 4.78 is 0. The van der Waals surface area contributed by atoms with Crippen molar-refractivity contribution in [1.29, 1.82) is 5.26 Å². The SMILES string of the molecule is Cc1ccc(C2C(C#N)C(N)=NC3CCCCCCC32)cc1. The van der Waals surface area contributed by atoms with Crippen LogP contribution in [0.1, 0.15) is 55.6 Å². The maximum atomic E-state index is 9.65. The molecule has 3 heteroatoms. The van der Waals surface area contributed by atoms with Crippen LogP contribution in [0.15, 0.2) is 29.3 Å². The fourth-order valence-electron chi connectivity index (χ4n) is 4.15. The zero-order valence-electron chi connectivity index (χ0n) is 13.3. The molecule has 3 nitrogen and oxygen atoms in total. The summed E-state index contributed by atoms with van der Waals surface area (Å²) in [5.74, 6) is 0.935. The molecule has 1 fully saturated rings. The molecule has 2 aliphatic rings.